The number of hydrogen-bond donors (Lipinski definition) is 2. The minimum atomic E-state index is 0.487. The Bertz CT molecular complexity index is 662. The van der Waals surface area contributed by atoms with Crippen molar-refractivity contribution in [3.8, 4) is 5.75 Å². The summed E-state index contributed by atoms with van der Waals surface area (Å²) in [4.78, 5) is 0. The lowest BCUT2D eigenvalue weighted by Gasteiger charge is -2.24. The zero-order chi connectivity index (χ0) is 16.8. The predicted molar refractivity (Wildman–Crippen MR) is 100 cm³/mol. The number of aromatic nitrogens is 2. The van der Waals surface area contributed by atoms with E-state index in [0.29, 0.717) is 17.7 Å². The molecule has 0 saturated heterocycles. The molecular formula is C18H24N4OS. The second-order valence-corrected chi connectivity index (χ2v) is 6.52. The minimum absolute atomic E-state index is 0.487. The van der Waals surface area contributed by atoms with E-state index in [4.69, 9.17) is 17.0 Å². The van der Waals surface area contributed by atoms with Crippen LogP contribution in [0.25, 0.3) is 0 Å². The molecule has 128 valence electrons. The summed E-state index contributed by atoms with van der Waals surface area (Å²) in [5.41, 5.74) is 1.15. The third-order valence-corrected chi connectivity index (χ3v) is 4.69. The van der Waals surface area contributed by atoms with Crippen LogP contribution in [0.5, 0.6) is 5.75 Å². The van der Waals surface area contributed by atoms with Crippen molar-refractivity contribution in [3.05, 3.63) is 42.1 Å². The van der Waals surface area contributed by atoms with Gasteiger partial charge in [-0.15, -0.1) is 0 Å². The maximum atomic E-state index is 5.42. The van der Waals surface area contributed by atoms with Gasteiger partial charge in [0.15, 0.2) is 5.11 Å². The standard InChI is InChI=1S/C18H24N4OS/c1-23-16-9-7-14(8-10-16)13-19-18(24)21-17-11-12-20-22(17)15-5-3-2-4-6-15/h7-12,15H,2-6,13H2,1H3,(H2,19,21,24). The van der Waals surface area contributed by atoms with Gasteiger partial charge in [0.05, 0.1) is 19.3 Å². The van der Waals surface area contributed by atoms with Crippen LogP contribution in [0.3, 0.4) is 0 Å². The van der Waals surface area contributed by atoms with Gasteiger partial charge in [-0.3, -0.25) is 0 Å². The fourth-order valence-electron chi connectivity index (χ4n) is 3.12. The number of rotatable bonds is 5. The number of benzene rings is 1. The Labute approximate surface area is 148 Å². The average molecular weight is 344 g/mol. The second kappa shape index (κ2) is 8.15. The topological polar surface area (TPSA) is 51.1 Å². The monoisotopic (exact) mass is 344 g/mol. The normalized spacial score (nSPS) is 15.0. The van der Waals surface area contributed by atoms with Crippen molar-refractivity contribution in [2.45, 2.75) is 44.7 Å². The molecule has 1 aliphatic rings. The molecule has 6 heteroatoms. The van der Waals surface area contributed by atoms with E-state index in [2.05, 4.69) is 20.4 Å². The number of nitrogens with zero attached hydrogens (tertiary/aromatic N) is 2. The first kappa shape index (κ1) is 16.8. The highest BCUT2D eigenvalue weighted by Crippen LogP contribution is 2.29. The SMILES string of the molecule is COc1ccc(CNC(=S)Nc2ccnn2C2CCCCC2)cc1. The lowest BCUT2D eigenvalue weighted by Crippen LogP contribution is -2.29. The largest absolute Gasteiger partial charge is 0.497 e. The van der Waals surface area contributed by atoms with Crippen LogP contribution in [0.15, 0.2) is 36.5 Å². The van der Waals surface area contributed by atoms with Crippen LogP contribution >= 0.6 is 12.2 Å². The van der Waals surface area contributed by atoms with Crippen LogP contribution in [-0.4, -0.2) is 22.0 Å². The van der Waals surface area contributed by atoms with Gasteiger partial charge in [0.25, 0.3) is 0 Å². The number of thiocarbonyl (C=S) groups is 1. The van der Waals surface area contributed by atoms with Crippen molar-refractivity contribution < 1.29 is 4.74 Å². The highest BCUT2D eigenvalue weighted by molar-refractivity contribution is 7.80. The molecule has 1 fully saturated rings. The van der Waals surface area contributed by atoms with Crippen molar-refractivity contribution in [3.63, 3.8) is 0 Å². The van der Waals surface area contributed by atoms with Crippen LogP contribution in [-0.2, 0) is 6.54 Å². The van der Waals surface area contributed by atoms with Crippen molar-refractivity contribution in [2.24, 2.45) is 0 Å². The molecule has 0 unspecified atom stereocenters. The number of hydrogen-bond acceptors (Lipinski definition) is 3. The third kappa shape index (κ3) is 4.26. The molecule has 0 atom stereocenters. The van der Waals surface area contributed by atoms with Crippen LogP contribution < -0.4 is 15.4 Å². The van der Waals surface area contributed by atoms with E-state index in [1.165, 1.54) is 32.1 Å². The molecule has 0 spiro atoms. The Kier molecular flexibility index (Phi) is 5.69. The van der Waals surface area contributed by atoms with Gasteiger partial charge in [-0.1, -0.05) is 31.4 Å². The molecule has 5 nitrogen and oxygen atoms in total. The summed E-state index contributed by atoms with van der Waals surface area (Å²) in [6.45, 7) is 0.674. The molecule has 2 N–H and O–H groups in total. The molecule has 1 aromatic heterocycles. The summed E-state index contributed by atoms with van der Waals surface area (Å²) in [5.74, 6) is 1.82. The lowest BCUT2D eigenvalue weighted by atomic mass is 9.96. The molecule has 1 heterocycles. The van der Waals surface area contributed by atoms with Crippen molar-refractivity contribution in [2.75, 3.05) is 12.4 Å². The molecule has 0 amide bonds. The Hall–Kier alpha value is -2.08. The first-order chi connectivity index (χ1) is 11.8. The van der Waals surface area contributed by atoms with E-state index < -0.39 is 0 Å². The van der Waals surface area contributed by atoms with Crippen LogP contribution in [0, 0.1) is 0 Å². The lowest BCUT2D eigenvalue weighted by molar-refractivity contribution is 0.333. The highest BCUT2D eigenvalue weighted by Gasteiger charge is 2.18. The number of ether oxygens (including phenoxy) is 1. The van der Waals surface area contributed by atoms with Crippen LogP contribution in [0.2, 0.25) is 0 Å². The van der Waals surface area contributed by atoms with Gasteiger partial charge in [-0.25, -0.2) is 4.68 Å². The van der Waals surface area contributed by atoms with Crippen LogP contribution in [0.4, 0.5) is 5.82 Å². The van der Waals surface area contributed by atoms with Crippen molar-refractivity contribution >= 4 is 23.1 Å². The molecule has 0 bridgehead atoms. The Morgan fingerprint density at radius 1 is 1.21 bits per heavy atom. The fourth-order valence-corrected chi connectivity index (χ4v) is 3.29. The van der Waals surface area contributed by atoms with Crippen LogP contribution in [0.1, 0.15) is 43.7 Å². The summed E-state index contributed by atoms with van der Waals surface area (Å²) in [5, 5.41) is 11.6. The summed E-state index contributed by atoms with van der Waals surface area (Å²) in [6, 6.07) is 10.4. The van der Waals surface area contributed by atoms with Gasteiger partial charge in [-0.2, -0.15) is 5.10 Å². The van der Waals surface area contributed by atoms with Gasteiger partial charge < -0.3 is 15.4 Å². The zero-order valence-corrected chi connectivity index (χ0v) is 14.8. The minimum Gasteiger partial charge on any atom is -0.497 e. The Morgan fingerprint density at radius 2 is 1.96 bits per heavy atom. The van der Waals surface area contributed by atoms with Crippen molar-refractivity contribution in [1.29, 1.82) is 0 Å². The summed E-state index contributed by atoms with van der Waals surface area (Å²) >= 11 is 5.42. The van der Waals surface area contributed by atoms with Gasteiger partial charge in [0.1, 0.15) is 11.6 Å². The van der Waals surface area contributed by atoms with E-state index in [9.17, 15) is 0 Å². The first-order valence-corrected chi connectivity index (χ1v) is 8.88. The number of nitrogens with one attached hydrogen (secondary N) is 2. The maximum Gasteiger partial charge on any atom is 0.172 e. The molecule has 1 aromatic carbocycles. The van der Waals surface area contributed by atoms with Gasteiger partial charge in [-0.05, 0) is 42.8 Å². The molecule has 1 aliphatic carbocycles. The maximum absolute atomic E-state index is 5.42. The molecule has 0 radical (unpaired) electrons. The Balaban J connectivity index is 1.54. The molecular weight excluding hydrogens is 320 g/mol. The van der Waals surface area contributed by atoms with E-state index in [0.717, 1.165) is 17.1 Å². The van der Waals surface area contributed by atoms with E-state index in [-0.39, 0.29) is 0 Å². The summed E-state index contributed by atoms with van der Waals surface area (Å²) in [6.07, 6.45) is 8.13. The number of methoxy groups -OCH3 is 1. The Morgan fingerprint density at radius 3 is 2.67 bits per heavy atom. The van der Waals surface area contributed by atoms with Crippen molar-refractivity contribution in [1.82, 2.24) is 15.1 Å². The third-order valence-electron chi connectivity index (χ3n) is 4.44. The van der Waals surface area contributed by atoms with Gasteiger partial charge in [0.2, 0.25) is 0 Å². The number of anilines is 1. The van der Waals surface area contributed by atoms with Gasteiger partial charge >= 0.3 is 0 Å². The molecule has 0 aliphatic heterocycles. The smallest absolute Gasteiger partial charge is 0.172 e. The summed E-state index contributed by atoms with van der Waals surface area (Å²) < 4.78 is 7.25. The van der Waals surface area contributed by atoms with E-state index >= 15 is 0 Å². The molecule has 1 saturated carbocycles. The quantitative estimate of drug-likeness (QED) is 0.806. The first-order valence-electron chi connectivity index (χ1n) is 8.47. The van der Waals surface area contributed by atoms with Gasteiger partial charge in [0, 0.05) is 12.6 Å². The summed E-state index contributed by atoms with van der Waals surface area (Å²) in [7, 11) is 1.67. The van der Waals surface area contributed by atoms with E-state index in [1.807, 2.05) is 36.5 Å². The van der Waals surface area contributed by atoms with E-state index in [1.54, 1.807) is 7.11 Å². The molecule has 2 aromatic rings. The predicted octanol–water partition coefficient (Wildman–Crippen LogP) is 3.88. The zero-order valence-electron chi connectivity index (χ0n) is 14.0. The fraction of sp³-hybridized carbons (Fsp3) is 0.444. The average Bonchev–Trinajstić information content (AvgIpc) is 3.09. The molecule has 24 heavy (non-hydrogen) atoms. The second-order valence-electron chi connectivity index (χ2n) is 6.11. The highest BCUT2D eigenvalue weighted by atomic mass is 32.1. The molecule has 3 rings (SSSR count).